The third-order valence-corrected chi connectivity index (χ3v) is 2.69. The van der Waals surface area contributed by atoms with Crippen LogP contribution in [0.3, 0.4) is 0 Å². The fraction of sp³-hybridized carbons (Fsp3) is 0.300. The number of aromatic amines is 1. The second kappa shape index (κ2) is 3.57. The number of hydrogen-bond donors (Lipinski definition) is 2. The standard InChI is InChI=1S/C10H11N5O/c16-8-1-2-11-5-7(8)10-14-13-9-6-12-3-4-15(9)10/h1-2,5,12H,3-4,6H2,(H,11,16). The van der Waals surface area contributed by atoms with Crippen LogP contribution in [0, 0.1) is 0 Å². The maximum Gasteiger partial charge on any atom is 0.192 e. The number of H-pyrrole nitrogens is 1. The molecule has 0 aromatic carbocycles. The van der Waals surface area contributed by atoms with Gasteiger partial charge in [-0.15, -0.1) is 10.2 Å². The highest BCUT2D eigenvalue weighted by atomic mass is 16.1. The van der Waals surface area contributed by atoms with Gasteiger partial charge in [-0.3, -0.25) is 4.79 Å². The highest BCUT2D eigenvalue weighted by Crippen LogP contribution is 2.15. The van der Waals surface area contributed by atoms with Crippen LogP contribution in [-0.4, -0.2) is 26.3 Å². The van der Waals surface area contributed by atoms with E-state index in [1.165, 1.54) is 6.07 Å². The molecule has 0 radical (unpaired) electrons. The first kappa shape index (κ1) is 9.29. The highest BCUT2D eigenvalue weighted by molar-refractivity contribution is 5.53. The Hall–Kier alpha value is -1.95. The normalized spacial score (nSPS) is 14.8. The van der Waals surface area contributed by atoms with Crippen LogP contribution in [0.1, 0.15) is 5.82 Å². The molecule has 3 rings (SSSR count). The molecule has 0 spiro atoms. The van der Waals surface area contributed by atoms with Crippen LogP contribution in [0.25, 0.3) is 11.4 Å². The van der Waals surface area contributed by atoms with E-state index in [9.17, 15) is 4.79 Å². The highest BCUT2D eigenvalue weighted by Gasteiger charge is 2.17. The molecule has 0 aliphatic carbocycles. The van der Waals surface area contributed by atoms with Crippen LogP contribution in [0.4, 0.5) is 0 Å². The Morgan fingerprint density at radius 1 is 1.38 bits per heavy atom. The van der Waals surface area contributed by atoms with Gasteiger partial charge in [0.05, 0.1) is 12.1 Å². The van der Waals surface area contributed by atoms with Crippen molar-refractivity contribution in [1.82, 2.24) is 25.1 Å². The van der Waals surface area contributed by atoms with Gasteiger partial charge >= 0.3 is 0 Å². The summed E-state index contributed by atoms with van der Waals surface area (Å²) in [4.78, 5) is 14.6. The molecule has 1 aliphatic heterocycles. The van der Waals surface area contributed by atoms with E-state index in [-0.39, 0.29) is 5.43 Å². The molecule has 0 bridgehead atoms. The molecule has 0 saturated heterocycles. The lowest BCUT2D eigenvalue weighted by atomic mass is 10.2. The Bertz CT molecular complexity index is 571. The smallest absolute Gasteiger partial charge is 0.192 e. The van der Waals surface area contributed by atoms with Crippen molar-refractivity contribution in [1.29, 1.82) is 0 Å². The van der Waals surface area contributed by atoms with E-state index in [1.807, 2.05) is 4.57 Å². The van der Waals surface area contributed by atoms with Gasteiger partial charge in [-0.2, -0.15) is 0 Å². The van der Waals surface area contributed by atoms with E-state index in [0.717, 1.165) is 18.9 Å². The van der Waals surface area contributed by atoms with E-state index in [4.69, 9.17) is 0 Å². The number of rotatable bonds is 1. The summed E-state index contributed by atoms with van der Waals surface area (Å²) in [6, 6.07) is 1.50. The van der Waals surface area contributed by atoms with Crippen LogP contribution >= 0.6 is 0 Å². The predicted molar refractivity (Wildman–Crippen MR) is 57.8 cm³/mol. The first-order valence-corrected chi connectivity index (χ1v) is 5.16. The zero-order valence-corrected chi connectivity index (χ0v) is 8.60. The van der Waals surface area contributed by atoms with Crippen LogP contribution in [0.15, 0.2) is 23.3 Å². The monoisotopic (exact) mass is 217 g/mol. The molecule has 2 aromatic rings. The molecule has 0 fully saturated rings. The molecule has 2 N–H and O–H groups in total. The molecule has 6 nitrogen and oxygen atoms in total. The molecule has 0 saturated carbocycles. The zero-order valence-electron chi connectivity index (χ0n) is 8.60. The Kier molecular flexibility index (Phi) is 2.07. The summed E-state index contributed by atoms with van der Waals surface area (Å²) in [5.41, 5.74) is 0.538. The minimum Gasteiger partial charge on any atom is -0.367 e. The second-order valence-corrected chi connectivity index (χ2v) is 3.69. The molecule has 1 aliphatic rings. The SMILES string of the molecule is O=c1cc[nH]cc1-c1nnc2n1CCNC2. The van der Waals surface area contributed by atoms with Gasteiger partial charge in [0.25, 0.3) is 0 Å². The molecule has 0 amide bonds. The largest absolute Gasteiger partial charge is 0.367 e. The predicted octanol–water partition coefficient (Wildman–Crippen LogP) is -0.263. The maximum absolute atomic E-state index is 11.7. The molecule has 82 valence electrons. The van der Waals surface area contributed by atoms with E-state index < -0.39 is 0 Å². The van der Waals surface area contributed by atoms with Crippen molar-refractivity contribution < 1.29 is 0 Å². The number of nitrogens with one attached hydrogen (secondary N) is 2. The van der Waals surface area contributed by atoms with Gasteiger partial charge in [-0.05, 0) is 0 Å². The molecule has 2 aromatic heterocycles. The molecule has 6 heteroatoms. The Morgan fingerprint density at radius 3 is 3.19 bits per heavy atom. The fourth-order valence-corrected chi connectivity index (χ4v) is 1.88. The maximum atomic E-state index is 11.7. The fourth-order valence-electron chi connectivity index (χ4n) is 1.88. The van der Waals surface area contributed by atoms with E-state index >= 15 is 0 Å². The summed E-state index contributed by atoms with van der Waals surface area (Å²) in [6.07, 6.45) is 3.28. The number of nitrogens with zero attached hydrogens (tertiary/aromatic N) is 3. The summed E-state index contributed by atoms with van der Waals surface area (Å²) < 4.78 is 1.99. The van der Waals surface area contributed by atoms with Crippen LogP contribution in [0.5, 0.6) is 0 Å². The number of hydrogen-bond acceptors (Lipinski definition) is 4. The second-order valence-electron chi connectivity index (χ2n) is 3.69. The van der Waals surface area contributed by atoms with Gasteiger partial charge in [0.2, 0.25) is 0 Å². The molecular weight excluding hydrogens is 206 g/mol. The van der Waals surface area contributed by atoms with Crippen molar-refractivity contribution in [3.05, 3.63) is 34.5 Å². The van der Waals surface area contributed by atoms with Crippen molar-refractivity contribution in [3.63, 3.8) is 0 Å². The first-order chi connectivity index (χ1) is 7.86. The molecule has 3 heterocycles. The van der Waals surface area contributed by atoms with E-state index in [0.29, 0.717) is 17.9 Å². The van der Waals surface area contributed by atoms with Gasteiger partial charge in [0.1, 0.15) is 5.82 Å². The van der Waals surface area contributed by atoms with Gasteiger partial charge in [-0.1, -0.05) is 0 Å². The molecule has 0 atom stereocenters. The number of pyridine rings is 1. The minimum absolute atomic E-state index is 0.0347. The topological polar surface area (TPSA) is 75.6 Å². The van der Waals surface area contributed by atoms with Crippen molar-refractivity contribution >= 4 is 0 Å². The summed E-state index contributed by atoms with van der Waals surface area (Å²) in [5.74, 6) is 1.53. The third kappa shape index (κ3) is 1.35. The lowest BCUT2D eigenvalue weighted by Crippen LogP contribution is -2.28. The average Bonchev–Trinajstić information content (AvgIpc) is 2.74. The Balaban J connectivity index is 2.17. The van der Waals surface area contributed by atoms with Gasteiger partial charge < -0.3 is 14.9 Å². The van der Waals surface area contributed by atoms with Crippen molar-refractivity contribution in [2.75, 3.05) is 6.54 Å². The lowest BCUT2D eigenvalue weighted by Gasteiger charge is -2.15. The number of fused-ring (bicyclic) bond motifs is 1. The average molecular weight is 217 g/mol. The van der Waals surface area contributed by atoms with Crippen molar-refractivity contribution in [2.45, 2.75) is 13.1 Å². The summed E-state index contributed by atoms with van der Waals surface area (Å²) >= 11 is 0. The molecule has 16 heavy (non-hydrogen) atoms. The van der Waals surface area contributed by atoms with Crippen LogP contribution in [0.2, 0.25) is 0 Å². The van der Waals surface area contributed by atoms with Gasteiger partial charge in [0, 0.05) is 31.5 Å². The van der Waals surface area contributed by atoms with E-state index in [2.05, 4.69) is 20.5 Å². The summed E-state index contributed by atoms with van der Waals surface area (Å²) in [6.45, 7) is 2.38. The minimum atomic E-state index is -0.0347. The van der Waals surface area contributed by atoms with Crippen LogP contribution < -0.4 is 10.7 Å². The lowest BCUT2D eigenvalue weighted by molar-refractivity contribution is 0.508. The quantitative estimate of drug-likeness (QED) is 0.690. The summed E-state index contributed by atoms with van der Waals surface area (Å²) in [7, 11) is 0. The van der Waals surface area contributed by atoms with Gasteiger partial charge in [-0.25, -0.2) is 0 Å². The Morgan fingerprint density at radius 2 is 2.31 bits per heavy atom. The third-order valence-electron chi connectivity index (χ3n) is 2.69. The zero-order chi connectivity index (χ0) is 11.0. The van der Waals surface area contributed by atoms with Crippen LogP contribution in [-0.2, 0) is 13.1 Å². The van der Waals surface area contributed by atoms with E-state index in [1.54, 1.807) is 12.4 Å². The van der Waals surface area contributed by atoms with Crippen molar-refractivity contribution in [3.8, 4) is 11.4 Å². The number of aromatic nitrogens is 4. The van der Waals surface area contributed by atoms with Gasteiger partial charge in [0.15, 0.2) is 11.3 Å². The molecular formula is C10H11N5O. The molecule has 0 unspecified atom stereocenters. The Labute approximate surface area is 91.3 Å². The first-order valence-electron chi connectivity index (χ1n) is 5.16. The van der Waals surface area contributed by atoms with Crippen molar-refractivity contribution in [2.24, 2.45) is 0 Å². The summed E-state index contributed by atoms with van der Waals surface area (Å²) in [5, 5.41) is 11.4.